The Morgan fingerprint density at radius 3 is 2.65 bits per heavy atom. The first kappa shape index (κ1) is 15.6. The second-order valence-corrected chi connectivity index (χ2v) is 6.03. The Kier molecular flexibility index (Phi) is 4.65. The molecular formula is C20H23NO2. The van der Waals surface area contributed by atoms with Crippen molar-refractivity contribution in [3.8, 4) is 5.75 Å². The van der Waals surface area contributed by atoms with Crippen molar-refractivity contribution in [2.24, 2.45) is 0 Å². The second kappa shape index (κ2) is 6.86. The molecular weight excluding hydrogens is 286 g/mol. The van der Waals surface area contributed by atoms with Gasteiger partial charge in [0, 0.05) is 11.7 Å². The molecule has 23 heavy (non-hydrogen) atoms. The fourth-order valence-electron chi connectivity index (χ4n) is 3.20. The van der Waals surface area contributed by atoms with Crippen molar-refractivity contribution in [2.75, 3.05) is 11.5 Å². The number of benzene rings is 2. The van der Waals surface area contributed by atoms with Gasteiger partial charge in [-0.2, -0.15) is 0 Å². The predicted octanol–water partition coefficient (Wildman–Crippen LogP) is 4.00. The summed E-state index contributed by atoms with van der Waals surface area (Å²) >= 11 is 0. The van der Waals surface area contributed by atoms with Crippen molar-refractivity contribution in [1.29, 1.82) is 0 Å². The van der Waals surface area contributed by atoms with Crippen molar-refractivity contribution in [3.63, 3.8) is 0 Å². The lowest BCUT2D eigenvalue weighted by Crippen LogP contribution is -2.42. The molecule has 1 aliphatic heterocycles. The van der Waals surface area contributed by atoms with Gasteiger partial charge in [0.05, 0.1) is 13.0 Å². The molecule has 3 rings (SSSR count). The normalized spacial score (nSPS) is 16.8. The number of carbonyl (C=O) groups is 1. The standard InChI is InChI=1S/C20H23NO2/c1-3-23-18-12-9-16(10-13-18)14-20(22)21-15(2)8-11-17-6-4-5-7-19(17)21/h4-7,9-10,12-13,15H,3,8,11,14H2,1-2H3. The van der Waals surface area contributed by atoms with Gasteiger partial charge in [-0.25, -0.2) is 0 Å². The van der Waals surface area contributed by atoms with Gasteiger partial charge in [0.1, 0.15) is 5.75 Å². The van der Waals surface area contributed by atoms with E-state index in [2.05, 4.69) is 19.1 Å². The highest BCUT2D eigenvalue weighted by atomic mass is 16.5. The fraction of sp³-hybridized carbons (Fsp3) is 0.350. The third kappa shape index (κ3) is 3.39. The summed E-state index contributed by atoms with van der Waals surface area (Å²) < 4.78 is 5.45. The van der Waals surface area contributed by atoms with Crippen LogP contribution in [-0.4, -0.2) is 18.6 Å². The van der Waals surface area contributed by atoms with Gasteiger partial charge in [0.25, 0.3) is 0 Å². The molecule has 0 N–H and O–H groups in total. The van der Waals surface area contributed by atoms with Crippen LogP contribution in [-0.2, 0) is 17.6 Å². The Morgan fingerprint density at radius 1 is 1.17 bits per heavy atom. The fourth-order valence-corrected chi connectivity index (χ4v) is 3.20. The first-order chi connectivity index (χ1) is 11.2. The number of hydrogen-bond donors (Lipinski definition) is 0. The molecule has 1 aliphatic rings. The molecule has 0 bridgehead atoms. The number of ether oxygens (including phenoxy) is 1. The van der Waals surface area contributed by atoms with Gasteiger partial charge in [-0.3, -0.25) is 4.79 Å². The predicted molar refractivity (Wildman–Crippen MR) is 93.0 cm³/mol. The average molecular weight is 309 g/mol. The van der Waals surface area contributed by atoms with Crippen LogP contribution in [0.25, 0.3) is 0 Å². The zero-order chi connectivity index (χ0) is 16.2. The highest BCUT2D eigenvalue weighted by Gasteiger charge is 2.27. The van der Waals surface area contributed by atoms with Crippen LogP contribution in [0.1, 0.15) is 31.4 Å². The molecule has 2 aromatic carbocycles. The molecule has 120 valence electrons. The molecule has 1 unspecified atom stereocenters. The Hall–Kier alpha value is -2.29. The van der Waals surface area contributed by atoms with Gasteiger partial charge < -0.3 is 9.64 Å². The third-order valence-corrected chi connectivity index (χ3v) is 4.38. The highest BCUT2D eigenvalue weighted by molar-refractivity contribution is 5.96. The molecule has 3 heteroatoms. The van der Waals surface area contributed by atoms with E-state index in [9.17, 15) is 4.79 Å². The van der Waals surface area contributed by atoms with E-state index in [0.717, 1.165) is 29.8 Å². The van der Waals surface area contributed by atoms with E-state index in [-0.39, 0.29) is 11.9 Å². The number of anilines is 1. The summed E-state index contributed by atoms with van der Waals surface area (Å²) in [6, 6.07) is 16.3. The minimum absolute atomic E-state index is 0.161. The number of fused-ring (bicyclic) bond motifs is 1. The van der Waals surface area contributed by atoms with E-state index in [1.807, 2.05) is 48.2 Å². The van der Waals surface area contributed by atoms with Gasteiger partial charge in [-0.15, -0.1) is 0 Å². The van der Waals surface area contributed by atoms with E-state index in [1.54, 1.807) is 0 Å². The summed E-state index contributed by atoms with van der Waals surface area (Å²) in [5.41, 5.74) is 3.36. The third-order valence-electron chi connectivity index (χ3n) is 4.38. The van der Waals surface area contributed by atoms with Gasteiger partial charge in [0.2, 0.25) is 5.91 Å². The number of amides is 1. The van der Waals surface area contributed by atoms with E-state index in [0.29, 0.717) is 13.0 Å². The Labute approximate surface area is 137 Å². The maximum Gasteiger partial charge on any atom is 0.231 e. The van der Waals surface area contributed by atoms with Crippen LogP contribution in [0.3, 0.4) is 0 Å². The summed E-state index contributed by atoms with van der Waals surface area (Å²) in [5.74, 6) is 1.01. The van der Waals surface area contributed by atoms with Crippen LogP contribution >= 0.6 is 0 Å². The van der Waals surface area contributed by atoms with Gasteiger partial charge >= 0.3 is 0 Å². The summed E-state index contributed by atoms with van der Waals surface area (Å²) in [6.07, 6.45) is 2.49. The van der Waals surface area contributed by atoms with Crippen LogP contribution in [0.15, 0.2) is 48.5 Å². The van der Waals surface area contributed by atoms with Gasteiger partial charge in [-0.1, -0.05) is 30.3 Å². The SMILES string of the molecule is CCOc1ccc(CC(=O)N2c3ccccc3CCC2C)cc1. The first-order valence-corrected chi connectivity index (χ1v) is 8.30. The monoisotopic (exact) mass is 309 g/mol. The average Bonchev–Trinajstić information content (AvgIpc) is 2.56. The van der Waals surface area contributed by atoms with Crippen LogP contribution in [0.4, 0.5) is 5.69 Å². The van der Waals surface area contributed by atoms with Crippen LogP contribution < -0.4 is 9.64 Å². The summed E-state index contributed by atoms with van der Waals surface area (Å²) in [7, 11) is 0. The summed E-state index contributed by atoms with van der Waals surface area (Å²) in [6.45, 7) is 4.75. The lowest BCUT2D eigenvalue weighted by atomic mass is 9.96. The van der Waals surface area contributed by atoms with E-state index < -0.39 is 0 Å². The number of rotatable bonds is 4. The van der Waals surface area contributed by atoms with Gasteiger partial charge in [0.15, 0.2) is 0 Å². The molecule has 1 atom stereocenters. The van der Waals surface area contributed by atoms with Crippen molar-refractivity contribution in [1.82, 2.24) is 0 Å². The number of nitrogens with zero attached hydrogens (tertiary/aromatic N) is 1. The molecule has 0 aliphatic carbocycles. The zero-order valence-electron chi connectivity index (χ0n) is 13.8. The smallest absolute Gasteiger partial charge is 0.231 e. The topological polar surface area (TPSA) is 29.5 Å². The van der Waals surface area contributed by atoms with Crippen LogP contribution in [0, 0.1) is 0 Å². The van der Waals surface area contributed by atoms with E-state index >= 15 is 0 Å². The lowest BCUT2D eigenvalue weighted by Gasteiger charge is -2.35. The number of para-hydroxylation sites is 1. The van der Waals surface area contributed by atoms with Crippen molar-refractivity contribution in [3.05, 3.63) is 59.7 Å². The van der Waals surface area contributed by atoms with Crippen molar-refractivity contribution < 1.29 is 9.53 Å². The van der Waals surface area contributed by atoms with Crippen molar-refractivity contribution >= 4 is 11.6 Å². The minimum Gasteiger partial charge on any atom is -0.494 e. The number of aryl methyl sites for hydroxylation is 1. The minimum atomic E-state index is 0.161. The molecule has 1 amide bonds. The van der Waals surface area contributed by atoms with Crippen LogP contribution in [0.5, 0.6) is 5.75 Å². The summed E-state index contributed by atoms with van der Waals surface area (Å²) in [5, 5.41) is 0. The number of carbonyl (C=O) groups excluding carboxylic acids is 1. The Bertz CT molecular complexity index is 678. The van der Waals surface area contributed by atoms with E-state index in [1.165, 1.54) is 5.56 Å². The molecule has 0 radical (unpaired) electrons. The molecule has 0 fully saturated rings. The molecule has 0 aromatic heterocycles. The Morgan fingerprint density at radius 2 is 1.91 bits per heavy atom. The first-order valence-electron chi connectivity index (χ1n) is 8.30. The van der Waals surface area contributed by atoms with Crippen molar-refractivity contribution in [2.45, 2.75) is 39.2 Å². The molecule has 0 saturated carbocycles. The maximum absolute atomic E-state index is 12.8. The molecule has 0 saturated heterocycles. The quantitative estimate of drug-likeness (QED) is 0.854. The highest BCUT2D eigenvalue weighted by Crippen LogP contribution is 2.31. The number of hydrogen-bond acceptors (Lipinski definition) is 2. The zero-order valence-corrected chi connectivity index (χ0v) is 13.8. The second-order valence-electron chi connectivity index (χ2n) is 6.03. The lowest BCUT2D eigenvalue weighted by molar-refractivity contribution is -0.118. The summed E-state index contributed by atoms with van der Waals surface area (Å²) in [4.78, 5) is 14.8. The van der Waals surface area contributed by atoms with Gasteiger partial charge in [-0.05, 0) is 56.0 Å². The van der Waals surface area contributed by atoms with Crippen LogP contribution in [0.2, 0.25) is 0 Å². The maximum atomic E-state index is 12.8. The molecule has 1 heterocycles. The Balaban J connectivity index is 1.77. The molecule has 0 spiro atoms. The molecule has 3 nitrogen and oxygen atoms in total. The largest absolute Gasteiger partial charge is 0.494 e. The van der Waals surface area contributed by atoms with E-state index in [4.69, 9.17) is 4.74 Å². The molecule has 2 aromatic rings.